The number of nitrogens with one attached hydrogen (secondary N) is 1. The number of benzene rings is 1. The van der Waals surface area contributed by atoms with Gasteiger partial charge in [-0.05, 0) is 48.9 Å². The zero-order valence-electron chi connectivity index (χ0n) is 15.5. The monoisotopic (exact) mass is 389 g/mol. The molecule has 0 bridgehead atoms. The largest absolute Gasteiger partial charge is 0.364 e. The summed E-state index contributed by atoms with van der Waals surface area (Å²) in [6.45, 7) is 3.52. The fraction of sp³-hybridized carbons (Fsp3) is 0.136. The first-order chi connectivity index (χ1) is 13.7. The number of hydrogen-bond acceptors (Lipinski definition) is 4. The van der Waals surface area contributed by atoms with E-state index in [1.165, 1.54) is 0 Å². The minimum absolute atomic E-state index is 0.630. The maximum atomic E-state index is 6.33. The summed E-state index contributed by atoms with van der Waals surface area (Å²) >= 11 is 6.33. The highest BCUT2D eigenvalue weighted by Crippen LogP contribution is 2.28. The van der Waals surface area contributed by atoms with Crippen molar-refractivity contribution in [3.63, 3.8) is 0 Å². The van der Waals surface area contributed by atoms with E-state index in [0.717, 1.165) is 45.5 Å². The van der Waals surface area contributed by atoms with E-state index in [1.54, 1.807) is 18.6 Å². The molecule has 4 aromatic rings. The Balaban J connectivity index is 1.54. The third-order valence-corrected chi connectivity index (χ3v) is 4.86. The second-order valence-corrected chi connectivity index (χ2v) is 6.74. The molecule has 5 nitrogen and oxygen atoms in total. The number of halogens is 1. The molecule has 0 fully saturated rings. The molecule has 0 aliphatic carbocycles. The molecule has 140 valence electrons. The van der Waals surface area contributed by atoms with Gasteiger partial charge in [0.05, 0.1) is 17.9 Å². The van der Waals surface area contributed by atoms with Gasteiger partial charge in [0.1, 0.15) is 5.82 Å². The molecule has 0 saturated heterocycles. The first kappa shape index (κ1) is 18.2. The second kappa shape index (κ2) is 8.23. The lowest BCUT2D eigenvalue weighted by atomic mass is 10.1. The van der Waals surface area contributed by atoms with Crippen LogP contribution in [0.15, 0.2) is 73.2 Å². The van der Waals surface area contributed by atoms with Crippen molar-refractivity contribution < 1.29 is 0 Å². The predicted octanol–water partition coefficient (Wildman–Crippen LogP) is 5.29. The van der Waals surface area contributed by atoms with Crippen molar-refractivity contribution in [2.24, 2.45) is 0 Å². The highest BCUT2D eigenvalue weighted by molar-refractivity contribution is 6.33. The molecule has 0 atom stereocenters. The Morgan fingerprint density at radius 1 is 0.964 bits per heavy atom. The smallest absolute Gasteiger partial charge is 0.126 e. The number of nitrogens with zero attached hydrogens (tertiary/aromatic N) is 4. The van der Waals surface area contributed by atoms with Crippen molar-refractivity contribution in [2.75, 3.05) is 5.32 Å². The van der Waals surface area contributed by atoms with E-state index >= 15 is 0 Å². The van der Waals surface area contributed by atoms with Crippen molar-refractivity contribution in [3.8, 4) is 22.4 Å². The molecule has 0 aliphatic rings. The maximum absolute atomic E-state index is 6.33. The molecule has 0 aliphatic heterocycles. The molecular weight excluding hydrogens is 370 g/mol. The van der Waals surface area contributed by atoms with Gasteiger partial charge in [-0.3, -0.25) is 9.67 Å². The fourth-order valence-electron chi connectivity index (χ4n) is 3.11. The molecule has 1 aromatic carbocycles. The maximum Gasteiger partial charge on any atom is 0.126 e. The highest BCUT2D eigenvalue weighted by Gasteiger charge is 2.09. The molecule has 0 saturated carbocycles. The van der Waals surface area contributed by atoms with Crippen LogP contribution in [0.5, 0.6) is 0 Å². The quantitative estimate of drug-likeness (QED) is 0.486. The Bertz CT molecular complexity index is 1080. The minimum Gasteiger partial charge on any atom is -0.364 e. The van der Waals surface area contributed by atoms with Crippen LogP contribution in [0.25, 0.3) is 22.4 Å². The van der Waals surface area contributed by atoms with E-state index in [0.29, 0.717) is 6.54 Å². The van der Waals surface area contributed by atoms with E-state index in [2.05, 4.69) is 28.3 Å². The van der Waals surface area contributed by atoms with Crippen molar-refractivity contribution in [3.05, 3.63) is 83.9 Å². The molecule has 0 unspecified atom stereocenters. The predicted molar refractivity (Wildman–Crippen MR) is 113 cm³/mol. The van der Waals surface area contributed by atoms with Gasteiger partial charge in [-0.25, -0.2) is 4.98 Å². The summed E-state index contributed by atoms with van der Waals surface area (Å²) in [5.41, 5.74) is 5.12. The van der Waals surface area contributed by atoms with Gasteiger partial charge in [0.25, 0.3) is 0 Å². The normalized spacial score (nSPS) is 10.8. The highest BCUT2D eigenvalue weighted by atomic mass is 35.5. The van der Waals surface area contributed by atoms with Crippen molar-refractivity contribution in [1.82, 2.24) is 19.7 Å². The summed E-state index contributed by atoms with van der Waals surface area (Å²) in [5.74, 6) is 0.798. The number of hydrogen-bond donors (Lipinski definition) is 1. The third-order valence-electron chi connectivity index (χ3n) is 4.53. The van der Waals surface area contributed by atoms with Crippen LogP contribution in [0, 0.1) is 0 Å². The van der Waals surface area contributed by atoms with Crippen LogP contribution in [0.2, 0.25) is 5.02 Å². The lowest BCUT2D eigenvalue weighted by Crippen LogP contribution is -2.08. The summed E-state index contributed by atoms with van der Waals surface area (Å²) < 4.78 is 2.00. The van der Waals surface area contributed by atoms with Gasteiger partial charge in [-0.15, -0.1) is 0 Å². The average Bonchev–Trinajstić information content (AvgIpc) is 3.17. The Labute approximate surface area is 169 Å². The van der Waals surface area contributed by atoms with Gasteiger partial charge in [0.2, 0.25) is 0 Å². The molecule has 3 aromatic heterocycles. The summed E-state index contributed by atoms with van der Waals surface area (Å²) in [4.78, 5) is 8.51. The lowest BCUT2D eigenvalue weighted by molar-refractivity contribution is 0.629. The first-order valence-corrected chi connectivity index (χ1v) is 9.54. The second-order valence-electron chi connectivity index (χ2n) is 6.34. The van der Waals surface area contributed by atoms with Gasteiger partial charge in [-0.2, -0.15) is 5.10 Å². The number of rotatable bonds is 6. The topological polar surface area (TPSA) is 55.6 Å². The lowest BCUT2D eigenvalue weighted by Gasteiger charge is -2.09. The zero-order chi connectivity index (χ0) is 19.3. The average molecular weight is 390 g/mol. The molecule has 28 heavy (non-hydrogen) atoms. The van der Waals surface area contributed by atoms with Crippen LogP contribution >= 0.6 is 11.6 Å². The van der Waals surface area contributed by atoms with Crippen LogP contribution in [0.3, 0.4) is 0 Å². The molecule has 1 N–H and O–H groups in total. The van der Waals surface area contributed by atoms with E-state index < -0.39 is 0 Å². The van der Waals surface area contributed by atoms with Gasteiger partial charge in [0.15, 0.2) is 0 Å². The molecule has 0 amide bonds. The molecule has 3 heterocycles. The first-order valence-electron chi connectivity index (χ1n) is 9.16. The SMILES string of the molecule is CCn1nc(-c2ccncc2)cc1CNc1cc(-c2ccccc2Cl)ccn1. The number of anilines is 1. The molecule has 4 rings (SSSR count). The van der Waals surface area contributed by atoms with Gasteiger partial charge >= 0.3 is 0 Å². The molecule has 0 radical (unpaired) electrons. The Hall–Kier alpha value is -3.18. The molecule has 6 heteroatoms. The van der Waals surface area contributed by atoms with E-state index in [4.69, 9.17) is 16.7 Å². The Morgan fingerprint density at radius 2 is 1.75 bits per heavy atom. The van der Waals surface area contributed by atoms with E-state index in [-0.39, 0.29) is 0 Å². The number of aryl methyl sites for hydroxylation is 1. The van der Waals surface area contributed by atoms with Crippen molar-refractivity contribution in [1.29, 1.82) is 0 Å². The fourth-order valence-corrected chi connectivity index (χ4v) is 3.35. The van der Waals surface area contributed by atoms with Crippen LogP contribution in [-0.2, 0) is 13.1 Å². The van der Waals surface area contributed by atoms with Crippen LogP contribution in [0.1, 0.15) is 12.6 Å². The van der Waals surface area contributed by atoms with E-state index in [1.807, 2.05) is 53.2 Å². The molecule has 0 spiro atoms. The van der Waals surface area contributed by atoms with Crippen LogP contribution in [0.4, 0.5) is 5.82 Å². The molecular formula is C22H20ClN5. The number of pyridine rings is 2. The van der Waals surface area contributed by atoms with Crippen molar-refractivity contribution >= 4 is 17.4 Å². The summed E-state index contributed by atoms with van der Waals surface area (Å²) in [5, 5.41) is 8.83. The minimum atomic E-state index is 0.630. The summed E-state index contributed by atoms with van der Waals surface area (Å²) in [6.07, 6.45) is 5.35. The van der Waals surface area contributed by atoms with Crippen LogP contribution < -0.4 is 5.32 Å². The zero-order valence-corrected chi connectivity index (χ0v) is 16.3. The van der Waals surface area contributed by atoms with Gasteiger partial charge in [-0.1, -0.05) is 29.8 Å². The van der Waals surface area contributed by atoms with Crippen molar-refractivity contribution in [2.45, 2.75) is 20.0 Å². The van der Waals surface area contributed by atoms with Crippen LogP contribution in [-0.4, -0.2) is 19.7 Å². The Kier molecular flexibility index (Phi) is 5.35. The number of aromatic nitrogens is 4. The third kappa shape index (κ3) is 3.89. The summed E-state index contributed by atoms with van der Waals surface area (Å²) in [6, 6.07) is 17.8. The van der Waals surface area contributed by atoms with Gasteiger partial charge in [0, 0.05) is 41.3 Å². The van der Waals surface area contributed by atoms with Gasteiger partial charge < -0.3 is 5.32 Å². The Morgan fingerprint density at radius 3 is 2.54 bits per heavy atom. The van der Waals surface area contributed by atoms with E-state index in [9.17, 15) is 0 Å². The standard InChI is InChI=1S/C22H20ClN5/c1-2-28-18(14-21(27-28)16-7-10-24-11-8-16)15-26-22-13-17(9-12-25-22)19-5-3-4-6-20(19)23/h3-14H,2,15H2,1H3,(H,25,26). The summed E-state index contributed by atoms with van der Waals surface area (Å²) in [7, 11) is 0.